The molecule has 0 saturated heterocycles. The normalized spacial score (nSPS) is 16.1. The molecule has 1 N–H and O–H groups in total. The first-order valence-electron chi connectivity index (χ1n) is 6.59. The molecule has 1 aromatic heterocycles. The number of carboxylic acid groups (broad SMARTS) is 1. The number of nitrogens with zero attached hydrogens (tertiary/aromatic N) is 4. The SMILES string of the molecule is Cc1ccc(-c2nnnn2CC2(C(=O)O)CC2)c(C)c1. The molecule has 104 valence electrons. The number of aliphatic carboxylic acids is 1. The summed E-state index contributed by atoms with van der Waals surface area (Å²) in [5.74, 6) is -0.130. The number of carboxylic acids is 1. The number of aryl methyl sites for hydroxylation is 2. The molecule has 1 heterocycles. The van der Waals surface area contributed by atoms with Crippen molar-refractivity contribution < 1.29 is 9.90 Å². The minimum absolute atomic E-state index is 0.331. The van der Waals surface area contributed by atoms with Crippen molar-refractivity contribution >= 4 is 5.97 Å². The molecule has 0 amide bonds. The van der Waals surface area contributed by atoms with Crippen molar-refractivity contribution in [3.8, 4) is 11.4 Å². The molecular weight excluding hydrogens is 256 g/mol. The van der Waals surface area contributed by atoms with E-state index in [1.807, 2.05) is 26.0 Å². The van der Waals surface area contributed by atoms with Gasteiger partial charge in [0, 0.05) is 5.56 Å². The molecule has 0 radical (unpaired) electrons. The minimum atomic E-state index is -0.764. The highest BCUT2D eigenvalue weighted by Crippen LogP contribution is 2.47. The number of tetrazole rings is 1. The predicted molar refractivity (Wildman–Crippen MR) is 72.0 cm³/mol. The van der Waals surface area contributed by atoms with Gasteiger partial charge >= 0.3 is 5.97 Å². The van der Waals surface area contributed by atoms with E-state index in [0.29, 0.717) is 25.2 Å². The highest BCUT2D eigenvalue weighted by atomic mass is 16.4. The van der Waals surface area contributed by atoms with Crippen molar-refractivity contribution in [3.63, 3.8) is 0 Å². The molecule has 0 atom stereocenters. The first-order chi connectivity index (χ1) is 9.52. The van der Waals surface area contributed by atoms with Crippen LogP contribution in [0.3, 0.4) is 0 Å². The molecule has 2 aromatic rings. The minimum Gasteiger partial charge on any atom is -0.481 e. The Labute approximate surface area is 116 Å². The van der Waals surface area contributed by atoms with Gasteiger partial charge < -0.3 is 5.11 Å². The van der Waals surface area contributed by atoms with Crippen LogP contribution in [0.15, 0.2) is 18.2 Å². The van der Waals surface area contributed by atoms with E-state index in [1.165, 1.54) is 5.56 Å². The highest BCUT2D eigenvalue weighted by Gasteiger charge is 2.51. The van der Waals surface area contributed by atoms with Gasteiger partial charge in [-0.1, -0.05) is 23.8 Å². The maximum atomic E-state index is 11.3. The van der Waals surface area contributed by atoms with Crippen LogP contribution in [0.25, 0.3) is 11.4 Å². The Morgan fingerprint density at radius 1 is 1.40 bits per heavy atom. The second-order valence-electron chi connectivity index (χ2n) is 5.56. The molecule has 1 saturated carbocycles. The number of hydrogen-bond acceptors (Lipinski definition) is 4. The second-order valence-corrected chi connectivity index (χ2v) is 5.56. The van der Waals surface area contributed by atoms with E-state index in [-0.39, 0.29) is 0 Å². The molecular formula is C14H16N4O2. The van der Waals surface area contributed by atoms with E-state index in [4.69, 9.17) is 0 Å². The smallest absolute Gasteiger partial charge is 0.311 e. The van der Waals surface area contributed by atoms with Gasteiger partial charge in [-0.2, -0.15) is 0 Å². The zero-order valence-electron chi connectivity index (χ0n) is 11.5. The molecule has 0 unspecified atom stereocenters. The van der Waals surface area contributed by atoms with Gasteiger partial charge in [0.2, 0.25) is 0 Å². The lowest BCUT2D eigenvalue weighted by molar-refractivity contribution is -0.144. The molecule has 0 aliphatic heterocycles. The van der Waals surface area contributed by atoms with E-state index in [2.05, 4.69) is 21.6 Å². The fourth-order valence-electron chi connectivity index (χ4n) is 2.45. The van der Waals surface area contributed by atoms with E-state index in [1.54, 1.807) is 4.68 Å². The van der Waals surface area contributed by atoms with E-state index in [0.717, 1.165) is 11.1 Å². The molecule has 1 aromatic carbocycles. The van der Waals surface area contributed by atoms with Crippen LogP contribution < -0.4 is 0 Å². The van der Waals surface area contributed by atoms with Crippen LogP contribution in [-0.2, 0) is 11.3 Å². The Kier molecular flexibility index (Phi) is 2.81. The number of benzene rings is 1. The molecule has 6 nitrogen and oxygen atoms in total. The lowest BCUT2D eigenvalue weighted by Crippen LogP contribution is -2.22. The molecule has 1 fully saturated rings. The lowest BCUT2D eigenvalue weighted by Gasteiger charge is -2.12. The Morgan fingerprint density at radius 2 is 2.15 bits per heavy atom. The fraction of sp³-hybridized carbons (Fsp3) is 0.429. The summed E-state index contributed by atoms with van der Waals surface area (Å²) >= 11 is 0. The van der Waals surface area contributed by atoms with Crippen molar-refractivity contribution in [1.29, 1.82) is 0 Å². The molecule has 6 heteroatoms. The van der Waals surface area contributed by atoms with Gasteiger partial charge in [0.1, 0.15) is 0 Å². The average Bonchev–Trinajstić information content (AvgIpc) is 3.03. The summed E-state index contributed by atoms with van der Waals surface area (Å²) in [6, 6.07) is 6.05. The van der Waals surface area contributed by atoms with Crippen molar-refractivity contribution in [2.75, 3.05) is 0 Å². The van der Waals surface area contributed by atoms with Crippen LogP contribution in [0.1, 0.15) is 24.0 Å². The van der Waals surface area contributed by atoms with Crippen molar-refractivity contribution in [2.45, 2.75) is 33.2 Å². The molecule has 1 aliphatic rings. The average molecular weight is 272 g/mol. The van der Waals surface area contributed by atoms with Gasteiger partial charge in [0.25, 0.3) is 0 Å². The van der Waals surface area contributed by atoms with Gasteiger partial charge in [-0.15, -0.1) is 5.10 Å². The van der Waals surface area contributed by atoms with Crippen molar-refractivity contribution in [3.05, 3.63) is 29.3 Å². The third-order valence-electron chi connectivity index (χ3n) is 3.91. The molecule has 0 bridgehead atoms. The maximum absolute atomic E-state index is 11.3. The van der Waals surface area contributed by atoms with Crippen LogP contribution in [-0.4, -0.2) is 31.3 Å². The summed E-state index contributed by atoms with van der Waals surface area (Å²) in [5.41, 5.74) is 2.53. The lowest BCUT2D eigenvalue weighted by atomic mass is 10.0. The van der Waals surface area contributed by atoms with Crippen LogP contribution >= 0.6 is 0 Å². The largest absolute Gasteiger partial charge is 0.481 e. The summed E-state index contributed by atoms with van der Waals surface area (Å²) in [4.78, 5) is 11.3. The van der Waals surface area contributed by atoms with Gasteiger partial charge in [-0.25, -0.2) is 4.68 Å². The monoisotopic (exact) mass is 272 g/mol. The van der Waals surface area contributed by atoms with Crippen LogP contribution in [0.5, 0.6) is 0 Å². The molecule has 1 aliphatic carbocycles. The summed E-state index contributed by atoms with van der Waals surface area (Å²) in [5, 5.41) is 21.0. The number of hydrogen-bond donors (Lipinski definition) is 1. The van der Waals surface area contributed by atoms with Crippen LogP contribution in [0.4, 0.5) is 0 Å². The quantitative estimate of drug-likeness (QED) is 0.918. The number of carbonyl (C=O) groups is 1. The zero-order valence-corrected chi connectivity index (χ0v) is 11.5. The van der Waals surface area contributed by atoms with E-state index >= 15 is 0 Å². The fourth-order valence-corrected chi connectivity index (χ4v) is 2.45. The van der Waals surface area contributed by atoms with E-state index in [9.17, 15) is 9.90 Å². The molecule has 20 heavy (non-hydrogen) atoms. The number of aromatic nitrogens is 4. The molecule has 0 spiro atoms. The first-order valence-corrected chi connectivity index (χ1v) is 6.59. The van der Waals surface area contributed by atoms with Gasteiger partial charge in [-0.05, 0) is 42.7 Å². The predicted octanol–water partition coefficient (Wildman–Crippen LogP) is 1.82. The van der Waals surface area contributed by atoms with Crippen molar-refractivity contribution in [2.24, 2.45) is 5.41 Å². The summed E-state index contributed by atoms with van der Waals surface area (Å²) in [6.45, 7) is 4.37. The summed E-state index contributed by atoms with van der Waals surface area (Å²) in [6.07, 6.45) is 1.38. The first kappa shape index (κ1) is 12.8. The topological polar surface area (TPSA) is 80.9 Å². The maximum Gasteiger partial charge on any atom is 0.311 e. The van der Waals surface area contributed by atoms with Crippen LogP contribution in [0, 0.1) is 19.3 Å². The highest BCUT2D eigenvalue weighted by molar-refractivity contribution is 5.77. The van der Waals surface area contributed by atoms with Gasteiger partial charge in [0.05, 0.1) is 12.0 Å². The number of rotatable bonds is 4. The standard InChI is InChI=1S/C14H16N4O2/c1-9-3-4-11(10(2)7-9)12-15-16-17-18(12)8-14(5-6-14)13(19)20/h3-4,7H,5-6,8H2,1-2H3,(H,19,20). The van der Waals surface area contributed by atoms with Crippen LogP contribution in [0.2, 0.25) is 0 Å². The second kappa shape index (κ2) is 4.40. The summed E-state index contributed by atoms with van der Waals surface area (Å²) in [7, 11) is 0. The third kappa shape index (κ3) is 2.07. The van der Waals surface area contributed by atoms with Gasteiger partial charge in [0.15, 0.2) is 5.82 Å². The zero-order chi connectivity index (χ0) is 14.3. The molecule has 3 rings (SSSR count). The van der Waals surface area contributed by atoms with E-state index < -0.39 is 11.4 Å². The third-order valence-corrected chi connectivity index (χ3v) is 3.91. The van der Waals surface area contributed by atoms with Gasteiger partial charge in [-0.3, -0.25) is 4.79 Å². The Morgan fingerprint density at radius 3 is 2.75 bits per heavy atom. The Hall–Kier alpha value is -2.24. The Balaban J connectivity index is 1.96. The van der Waals surface area contributed by atoms with Crippen molar-refractivity contribution in [1.82, 2.24) is 20.2 Å². The Bertz CT molecular complexity index is 674. The summed E-state index contributed by atoms with van der Waals surface area (Å²) < 4.78 is 1.61.